The largest absolute Gasteiger partial charge is 0.349 e. The Bertz CT molecular complexity index is 521. The van der Waals surface area contributed by atoms with Gasteiger partial charge in [-0.15, -0.1) is 0 Å². The van der Waals surface area contributed by atoms with E-state index in [2.05, 4.69) is 5.32 Å². The van der Waals surface area contributed by atoms with Gasteiger partial charge in [0.1, 0.15) is 5.82 Å². The van der Waals surface area contributed by atoms with Gasteiger partial charge in [0.05, 0.1) is 4.92 Å². The van der Waals surface area contributed by atoms with Crippen LogP contribution in [0.5, 0.6) is 0 Å². The summed E-state index contributed by atoms with van der Waals surface area (Å²) in [5, 5.41) is 13.3. The van der Waals surface area contributed by atoms with Crippen molar-refractivity contribution in [1.82, 2.24) is 10.2 Å². The first-order chi connectivity index (χ1) is 9.32. The molecule has 0 atom stereocenters. The van der Waals surface area contributed by atoms with Crippen LogP contribution in [0.2, 0.25) is 0 Å². The highest BCUT2D eigenvalue weighted by Crippen LogP contribution is 2.21. The van der Waals surface area contributed by atoms with Gasteiger partial charge in [0.25, 0.3) is 0 Å². The summed E-state index contributed by atoms with van der Waals surface area (Å²) in [6.45, 7) is 0.273. The quantitative estimate of drug-likeness (QED) is 0.488. The topological polar surface area (TPSA) is 75.5 Å². The molecule has 1 amide bonds. The minimum absolute atomic E-state index is 0.0181. The van der Waals surface area contributed by atoms with Crippen LogP contribution < -0.4 is 5.32 Å². The van der Waals surface area contributed by atoms with Gasteiger partial charge in [0.2, 0.25) is 11.7 Å². The van der Waals surface area contributed by atoms with Gasteiger partial charge in [0, 0.05) is 51.3 Å². The summed E-state index contributed by atoms with van der Waals surface area (Å²) in [5.74, 6) is -2.17. The number of carbonyl (C=O) groups is 1. The number of benzene rings is 1. The molecule has 0 spiro atoms. The molecule has 0 bridgehead atoms. The first-order valence-electron chi connectivity index (χ1n) is 5.86. The summed E-state index contributed by atoms with van der Waals surface area (Å²) in [6, 6.07) is 1.34. The molecule has 0 unspecified atom stereocenters. The van der Waals surface area contributed by atoms with E-state index >= 15 is 0 Å². The van der Waals surface area contributed by atoms with Crippen molar-refractivity contribution in [3.63, 3.8) is 0 Å². The maximum Gasteiger partial charge on any atom is 0.305 e. The fourth-order valence-corrected chi connectivity index (χ4v) is 1.50. The van der Waals surface area contributed by atoms with Gasteiger partial charge < -0.3 is 10.2 Å². The molecule has 0 saturated heterocycles. The molecule has 1 aromatic rings. The highest BCUT2D eigenvalue weighted by atomic mass is 19.1. The number of nitrogens with zero attached hydrogens (tertiary/aromatic N) is 2. The van der Waals surface area contributed by atoms with E-state index in [4.69, 9.17) is 0 Å². The van der Waals surface area contributed by atoms with Crippen LogP contribution in [-0.2, 0) is 11.3 Å². The van der Waals surface area contributed by atoms with E-state index in [9.17, 15) is 23.7 Å². The predicted molar refractivity (Wildman–Crippen MR) is 68.0 cm³/mol. The van der Waals surface area contributed by atoms with Crippen LogP contribution >= 0.6 is 0 Å². The van der Waals surface area contributed by atoms with Crippen molar-refractivity contribution < 1.29 is 18.5 Å². The SMILES string of the molecule is CN(C)C(=O)CCNCc1cc([N+](=O)[O-])c(F)cc1F. The van der Waals surface area contributed by atoms with Gasteiger partial charge in [0.15, 0.2) is 0 Å². The monoisotopic (exact) mass is 287 g/mol. The molecule has 0 aromatic heterocycles. The molecule has 1 N–H and O–H groups in total. The lowest BCUT2D eigenvalue weighted by Crippen LogP contribution is -2.26. The first kappa shape index (κ1) is 16.0. The molecule has 0 heterocycles. The molecule has 0 fully saturated rings. The zero-order valence-electron chi connectivity index (χ0n) is 11.2. The minimum atomic E-state index is -1.21. The summed E-state index contributed by atoms with van der Waals surface area (Å²) in [7, 11) is 3.23. The minimum Gasteiger partial charge on any atom is -0.349 e. The summed E-state index contributed by atoms with van der Waals surface area (Å²) in [5.41, 5.74) is -0.789. The second-order valence-corrected chi connectivity index (χ2v) is 4.37. The Morgan fingerprint density at radius 3 is 2.55 bits per heavy atom. The lowest BCUT2D eigenvalue weighted by atomic mass is 10.1. The first-order valence-corrected chi connectivity index (χ1v) is 5.86. The zero-order chi connectivity index (χ0) is 15.3. The number of nitro benzene ring substituents is 1. The van der Waals surface area contributed by atoms with Crippen LogP contribution in [0.25, 0.3) is 0 Å². The van der Waals surface area contributed by atoms with Crippen molar-refractivity contribution in [1.29, 1.82) is 0 Å². The Kier molecular flexibility index (Phi) is 5.51. The highest BCUT2D eigenvalue weighted by molar-refractivity contribution is 5.75. The Balaban J connectivity index is 2.62. The van der Waals surface area contributed by atoms with E-state index in [0.717, 1.165) is 6.07 Å². The molecular formula is C12H15F2N3O3. The van der Waals surface area contributed by atoms with E-state index in [1.165, 1.54) is 4.90 Å². The number of hydrogen-bond acceptors (Lipinski definition) is 4. The number of amides is 1. The molecule has 110 valence electrons. The molecular weight excluding hydrogens is 272 g/mol. The summed E-state index contributed by atoms with van der Waals surface area (Å²) >= 11 is 0. The number of halogens is 2. The molecule has 6 nitrogen and oxygen atoms in total. The molecule has 8 heteroatoms. The van der Waals surface area contributed by atoms with Gasteiger partial charge in [-0.2, -0.15) is 4.39 Å². The van der Waals surface area contributed by atoms with Gasteiger partial charge in [-0.25, -0.2) is 4.39 Å². The van der Waals surface area contributed by atoms with E-state index < -0.39 is 22.2 Å². The Labute approximate surface area is 114 Å². The summed E-state index contributed by atoms with van der Waals surface area (Å²) in [4.78, 5) is 22.3. The summed E-state index contributed by atoms with van der Waals surface area (Å²) in [6.07, 6.45) is 0.220. The van der Waals surface area contributed by atoms with Gasteiger partial charge in [-0.1, -0.05) is 0 Å². The maximum atomic E-state index is 13.4. The number of hydrogen-bond donors (Lipinski definition) is 1. The van der Waals surface area contributed by atoms with E-state index in [0.29, 0.717) is 12.6 Å². The Morgan fingerprint density at radius 2 is 2.00 bits per heavy atom. The van der Waals surface area contributed by atoms with Crippen LogP contribution in [0.1, 0.15) is 12.0 Å². The van der Waals surface area contributed by atoms with Crippen molar-refractivity contribution in [3.8, 4) is 0 Å². The predicted octanol–water partition coefficient (Wildman–Crippen LogP) is 1.44. The lowest BCUT2D eigenvalue weighted by Gasteiger charge is -2.10. The van der Waals surface area contributed by atoms with Crippen LogP contribution in [0, 0.1) is 21.7 Å². The molecule has 0 aliphatic rings. The van der Waals surface area contributed by atoms with Crippen molar-refractivity contribution in [2.24, 2.45) is 0 Å². The number of nitrogens with one attached hydrogen (secondary N) is 1. The van der Waals surface area contributed by atoms with Crippen LogP contribution in [-0.4, -0.2) is 36.4 Å². The van der Waals surface area contributed by atoms with Gasteiger partial charge >= 0.3 is 5.69 Å². The van der Waals surface area contributed by atoms with E-state index in [-0.39, 0.29) is 24.4 Å². The van der Waals surface area contributed by atoms with Crippen molar-refractivity contribution in [3.05, 3.63) is 39.4 Å². The third kappa shape index (κ3) is 4.23. The van der Waals surface area contributed by atoms with Gasteiger partial charge in [-0.05, 0) is 0 Å². The van der Waals surface area contributed by atoms with E-state index in [1.807, 2.05) is 0 Å². The molecule has 0 aliphatic heterocycles. The summed E-state index contributed by atoms with van der Waals surface area (Å²) < 4.78 is 26.5. The Hall–Kier alpha value is -2.09. The van der Waals surface area contributed by atoms with Crippen LogP contribution in [0.15, 0.2) is 12.1 Å². The van der Waals surface area contributed by atoms with Crippen LogP contribution in [0.4, 0.5) is 14.5 Å². The standard InChI is InChI=1S/C12H15F2N3O3/c1-16(2)12(18)3-4-15-7-8-5-11(17(19)20)10(14)6-9(8)13/h5-6,15H,3-4,7H2,1-2H3. The maximum absolute atomic E-state index is 13.4. The van der Waals surface area contributed by atoms with E-state index in [1.54, 1.807) is 14.1 Å². The lowest BCUT2D eigenvalue weighted by molar-refractivity contribution is -0.387. The molecule has 1 rings (SSSR count). The van der Waals surface area contributed by atoms with Gasteiger partial charge in [-0.3, -0.25) is 14.9 Å². The zero-order valence-corrected chi connectivity index (χ0v) is 11.2. The molecule has 1 aromatic carbocycles. The van der Waals surface area contributed by atoms with Crippen molar-refractivity contribution in [2.45, 2.75) is 13.0 Å². The van der Waals surface area contributed by atoms with Crippen molar-refractivity contribution >= 4 is 11.6 Å². The highest BCUT2D eigenvalue weighted by Gasteiger charge is 2.18. The average Bonchev–Trinajstić information content (AvgIpc) is 2.35. The molecule has 20 heavy (non-hydrogen) atoms. The fourth-order valence-electron chi connectivity index (χ4n) is 1.50. The molecule has 0 radical (unpaired) electrons. The second-order valence-electron chi connectivity index (χ2n) is 4.37. The smallest absolute Gasteiger partial charge is 0.305 e. The normalized spacial score (nSPS) is 10.4. The average molecular weight is 287 g/mol. The fraction of sp³-hybridized carbons (Fsp3) is 0.417. The number of carbonyl (C=O) groups excluding carboxylic acids is 1. The second kappa shape index (κ2) is 6.90. The molecule has 0 aliphatic carbocycles. The van der Waals surface area contributed by atoms with Crippen LogP contribution in [0.3, 0.4) is 0 Å². The Morgan fingerprint density at radius 1 is 1.35 bits per heavy atom. The number of rotatable bonds is 6. The third-order valence-corrected chi connectivity index (χ3v) is 2.64. The molecule has 0 saturated carbocycles. The third-order valence-electron chi connectivity index (χ3n) is 2.64. The van der Waals surface area contributed by atoms with Crippen molar-refractivity contribution in [2.75, 3.05) is 20.6 Å². The number of nitro groups is 1.